The summed E-state index contributed by atoms with van der Waals surface area (Å²) in [5, 5.41) is 12.2. The lowest BCUT2D eigenvalue weighted by Gasteiger charge is -2.14. The Morgan fingerprint density at radius 1 is 1.09 bits per heavy atom. The Kier molecular flexibility index (Phi) is 8.11. The minimum atomic E-state index is -0.516. The molecule has 0 unspecified atom stereocenters. The third-order valence-corrected chi connectivity index (χ3v) is 5.33. The molecule has 0 heterocycles. The predicted octanol–water partition coefficient (Wildman–Crippen LogP) is 5.90. The highest BCUT2D eigenvalue weighted by Gasteiger charge is 2.14. The maximum absolute atomic E-state index is 12.6. The van der Waals surface area contributed by atoms with Crippen LogP contribution >= 0.6 is 15.9 Å². The van der Waals surface area contributed by atoms with E-state index in [1.807, 2.05) is 31.2 Å². The standard InChI is InChI=1S/C26H23BrN2O4/c1-17-5-4-6-18(11-17)16-33-25-23(27)13-19(14-24(25)32-3)12-20(15-28)26(30)29-21-7-9-22(31-2)10-8-21/h4-14H,16H2,1-3H3,(H,29,30)/b20-12-. The van der Waals surface area contributed by atoms with Gasteiger partial charge in [-0.3, -0.25) is 4.79 Å². The molecule has 0 spiro atoms. The van der Waals surface area contributed by atoms with Crippen LogP contribution in [0.15, 0.2) is 70.7 Å². The highest BCUT2D eigenvalue weighted by atomic mass is 79.9. The number of hydrogen-bond acceptors (Lipinski definition) is 5. The van der Waals surface area contributed by atoms with Gasteiger partial charge in [0.2, 0.25) is 0 Å². The second-order valence-corrected chi connectivity index (χ2v) is 8.02. The molecule has 1 amide bonds. The van der Waals surface area contributed by atoms with Crippen molar-refractivity contribution < 1.29 is 19.0 Å². The van der Waals surface area contributed by atoms with E-state index in [1.54, 1.807) is 43.5 Å². The van der Waals surface area contributed by atoms with E-state index in [9.17, 15) is 10.1 Å². The summed E-state index contributed by atoms with van der Waals surface area (Å²) in [6.07, 6.45) is 1.50. The van der Waals surface area contributed by atoms with Crippen LogP contribution in [0.5, 0.6) is 17.2 Å². The quantitative estimate of drug-likeness (QED) is 0.303. The molecule has 7 heteroatoms. The second kappa shape index (κ2) is 11.2. The van der Waals surface area contributed by atoms with E-state index < -0.39 is 5.91 Å². The van der Waals surface area contributed by atoms with Crippen molar-refractivity contribution in [1.29, 1.82) is 5.26 Å². The molecule has 1 N–H and O–H groups in total. The van der Waals surface area contributed by atoms with Crippen LogP contribution in [0.2, 0.25) is 0 Å². The van der Waals surface area contributed by atoms with Crippen molar-refractivity contribution in [3.05, 3.63) is 87.4 Å². The number of ether oxygens (including phenoxy) is 3. The average molecular weight is 507 g/mol. The zero-order valence-electron chi connectivity index (χ0n) is 18.5. The Hall–Kier alpha value is -3.76. The van der Waals surface area contributed by atoms with Gasteiger partial charge in [0.25, 0.3) is 5.91 Å². The van der Waals surface area contributed by atoms with Crippen molar-refractivity contribution in [2.45, 2.75) is 13.5 Å². The first-order valence-corrected chi connectivity index (χ1v) is 10.9. The van der Waals surface area contributed by atoms with Crippen molar-refractivity contribution >= 4 is 33.6 Å². The third kappa shape index (κ3) is 6.37. The lowest BCUT2D eigenvalue weighted by molar-refractivity contribution is -0.112. The van der Waals surface area contributed by atoms with Crippen molar-refractivity contribution in [3.8, 4) is 23.3 Å². The van der Waals surface area contributed by atoms with Gasteiger partial charge in [-0.05, 0) is 76.5 Å². The molecule has 0 aliphatic rings. The van der Waals surface area contributed by atoms with E-state index in [0.717, 1.165) is 11.1 Å². The fourth-order valence-corrected chi connectivity index (χ4v) is 3.68. The number of nitriles is 1. The van der Waals surface area contributed by atoms with Crippen LogP contribution in [0, 0.1) is 18.3 Å². The fourth-order valence-electron chi connectivity index (χ4n) is 3.11. The van der Waals surface area contributed by atoms with E-state index in [-0.39, 0.29) is 5.57 Å². The zero-order chi connectivity index (χ0) is 23.8. The van der Waals surface area contributed by atoms with Crippen molar-refractivity contribution in [2.24, 2.45) is 0 Å². The Labute approximate surface area is 201 Å². The van der Waals surface area contributed by atoms with Crippen molar-refractivity contribution in [3.63, 3.8) is 0 Å². The minimum Gasteiger partial charge on any atom is -0.497 e. The first-order chi connectivity index (χ1) is 15.9. The van der Waals surface area contributed by atoms with Crippen LogP contribution in [-0.2, 0) is 11.4 Å². The molecule has 0 saturated heterocycles. The van der Waals surface area contributed by atoms with Crippen LogP contribution in [0.4, 0.5) is 5.69 Å². The maximum Gasteiger partial charge on any atom is 0.266 e. The molecule has 3 aromatic carbocycles. The normalized spacial score (nSPS) is 10.8. The molecule has 0 aromatic heterocycles. The molecule has 0 bridgehead atoms. The number of nitrogens with zero attached hydrogens (tertiary/aromatic N) is 1. The maximum atomic E-state index is 12.6. The Balaban J connectivity index is 1.79. The number of benzene rings is 3. The number of halogens is 1. The third-order valence-electron chi connectivity index (χ3n) is 4.74. The number of aryl methyl sites for hydroxylation is 1. The van der Waals surface area contributed by atoms with Gasteiger partial charge in [0.1, 0.15) is 24.0 Å². The summed E-state index contributed by atoms with van der Waals surface area (Å²) in [7, 11) is 3.10. The van der Waals surface area contributed by atoms with Crippen LogP contribution in [0.3, 0.4) is 0 Å². The minimum absolute atomic E-state index is 0.0480. The Bertz CT molecular complexity index is 1210. The van der Waals surface area contributed by atoms with Gasteiger partial charge in [0.05, 0.1) is 18.7 Å². The van der Waals surface area contributed by atoms with Crippen LogP contribution in [0.1, 0.15) is 16.7 Å². The molecule has 3 aromatic rings. The van der Waals surface area contributed by atoms with E-state index in [0.29, 0.717) is 39.6 Å². The van der Waals surface area contributed by atoms with Gasteiger partial charge in [-0.1, -0.05) is 29.8 Å². The summed E-state index contributed by atoms with van der Waals surface area (Å²) in [4.78, 5) is 12.6. The number of amides is 1. The lowest BCUT2D eigenvalue weighted by Crippen LogP contribution is -2.13. The van der Waals surface area contributed by atoms with E-state index in [4.69, 9.17) is 14.2 Å². The summed E-state index contributed by atoms with van der Waals surface area (Å²) in [6.45, 7) is 2.40. The van der Waals surface area contributed by atoms with Gasteiger partial charge < -0.3 is 19.5 Å². The van der Waals surface area contributed by atoms with Gasteiger partial charge in [-0.2, -0.15) is 5.26 Å². The molecule has 0 aliphatic heterocycles. The number of carbonyl (C=O) groups is 1. The van der Waals surface area contributed by atoms with Crippen LogP contribution < -0.4 is 19.5 Å². The Morgan fingerprint density at radius 2 is 1.85 bits per heavy atom. The number of hydrogen-bond donors (Lipinski definition) is 1. The lowest BCUT2D eigenvalue weighted by atomic mass is 10.1. The molecule has 0 saturated carbocycles. The largest absolute Gasteiger partial charge is 0.497 e. The van der Waals surface area contributed by atoms with Crippen LogP contribution in [0.25, 0.3) is 6.08 Å². The number of carbonyl (C=O) groups excluding carboxylic acids is 1. The molecular formula is C26H23BrN2O4. The topological polar surface area (TPSA) is 80.6 Å². The van der Waals surface area contributed by atoms with Gasteiger partial charge in [-0.15, -0.1) is 0 Å². The summed E-state index contributed by atoms with van der Waals surface area (Å²) in [6, 6.07) is 20.3. The number of anilines is 1. The monoisotopic (exact) mass is 506 g/mol. The molecule has 0 radical (unpaired) electrons. The zero-order valence-corrected chi connectivity index (χ0v) is 20.1. The Morgan fingerprint density at radius 3 is 2.48 bits per heavy atom. The summed E-state index contributed by atoms with van der Waals surface area (Å²) in [5.74, 6) is 1.18. The molecule has 0 fully saturated rings. The predicted molar refractivity (Wildman–Crippen MR) is 131 cm³/mol. The smallest absolute Gasteiger partial charge is 0.266 e. The summed E-state index contributed by atoms with van der Waals surface area (Å²) in [5.41, 5.74) is 3.31. The van der Waals surface area contributed by atoms with Crippen molar-refractivity contribution in [1.82, 2.24) is 0 Å². The average Bonchev–Trinajstić information content (AvgIpc) is 2.82. The highest BCUT2D eigenvalue weighted by molar-refractivity contribution is 9.10. The van der Waals surface area contributed by atoms with Gasteiger partial charge in [0, 0.05) is 5.69 Å². The molecular weight excluding hydrogens is 484 g/mol. The summed E-state index contributed by atoms with van der Waals surface area (Å²) < 4.78 is 17.2. The van der Waals surface area contributed by atoms with E-state index in [2.05, 4.69) is 27.3 Å². The second-order valence-electron chi connectivity index (χ2n) is 7.16. The van der Waals surface area contributed by atoms with Gasteiger partial charge in [-0.25, -0.2) is 0 Å². The first-order valence-electron chi connectivity index (χ1n) is 10.1. The van der Waals surface area contributed by atoms with E-state index >= 15 is 0 Å². The molecule has 6 nitrogen and oxygen atoms in total. The first kappa shape index (κ1) is 23.9. The summed E-state index contributed by atoms with van der Waals surface area (Å²) >= 11 is 3.51. The van der Waals surface area contributed by atoms with Crippen molar-refractivity contribution in [2.75, 3.05) is 19.5 Å². The molecule has 0 atom stereocenters. The number of nitrogens with one attached hydrogen (secondary N) is 1. The van der Waals surface area contributed by atoms with E-state index in [1.165, 1.54) is 13.2 Å². The van der Waals surface area contributed by atoms with Crippen LogP contribution in [-0.4, -0.2) is 20.1 Å². The molecule has 3 rings (SSSR count). The molecule has 33 heavy (non-hydrogen) atoms. The van der Waals surface area contributed by atoms with Gasteiger partial charge >= 0.3 is 0 Å². The molecule has 168 valence electrons. The van der Waals surface area contributed by atoms with Gasteiger partial charge in [0.15, 0.2) is 11.5 Å². The number of rotatable bonds is 8. The number of methoxy groups -OCH3 is 2. The SMILES string of the molecule is COc1ccc(NC(=O)/C(C#N)=C\c2cc(Br)c(OCc3cccc(C)c3)c(OC)c2)cc1. The highest BCUT2D eigenvalue weighted by Crippen LogP contribution is 2.38. The fraction of sp³-hybridized carbons (Fsp3) is 0.154. The molecule has 0 aliphatic carbocycles.